The summed E-state index contributed by atoms with van der Waals surface area (Å²) >= 11 is 0. The summed E-state index contributed by atoms with van der Waals surface area (Å²) in [6.07, 6.45) is 11.7. The molecular formula is C51H64N4O11. The van der Waals surface area contributed by atoms with Gasteiger partial charge in [0.05, 0.1) is 43.0 Å². The number of non-ortho nitro benzene ring substituents is 1. The number of rotatable bonds is 27. The van der Waals surface area contributed by atoms with Crippen molar-refractivity contribution >= 4 is 23.4 Å². The minimum atomic E-state index is -1.50. The number of hydrogen-bond acceptors (Lipinski definition) is 13. The Morgan fingerprint density at radius 3 is 2.45 bits per heavy atom. The number of aliphatic hydroxyl groups excluding tert-OH is 3. The van der Waals surface area contributed by atoms with Crippen LogP contribution in [0, 0.1) is 27.9 Å². The van der Waals surface area contributed by atoms with Crippen molar-refractivity contribution in [3.05, 3.63) is 130 Å². The van der Waals surface area contributed by atoms with Crippen LogP contribution in [-0.4, -0.2) is 126 Å². The van der Waals surface area contributed by atoms with Crippen molar-refractivity contribution < 1.29 is 48.8 Å². The number of nitro benzene ring substituents is 1. The van der Waals surface area contributed by atoms with Crippen LogP contribution in [0.3, 0.4) is 0 Å². The molecule has 2 heterocycles. The zero-order valence-corrected chi connectivity index (χ0v) is 37.7. The van der Waals surface area contributed by atoms with Crippen molar-refractivity contribution in [1.29, 1.82) is 0 Å². The maximum atomic E-state index is 14.9. The first-order chi connectivity index (χ1) is 32.3. The Labute approximate surface area is 387 Å². The van der Waals surface area contributed by atoms with Crippen LogP contribution in [0.25, 0.3) is 6.08 Å². The molecule has 15 heteroatoms. The average Bonchev–Trinajstić information content (AvgIpc) is 4.17. The summed E-state index contributed by atoms with van der Waals surface area (Å²) in [7, 11) is 0. The third kappa shape index (κ3) is 11.9. The van der Waals surface area contributed by atoms with Crippen molar-refractivity contribution in [2.75, 3.05) is 72.4 Å². The Morgan fingerprint density at radius 2 is 1.74 bits per heavy atom. The van der Waals surface area contributed by atoms with Crippen LogP contribution in [0.2, 0.25) is 0 Å². The molecule has 0 radical (unpaired) electrons. The first kappa shape index (κ1) is 48.5. The monoisotopic (exact) mass is 908 g/mol. The second kappa shape index (κ2) is 23.9. The van der Waals surface area contributed by atoms with E-state index in [2.05, 4.69) is 23.6 Å². The molecule has 3 aromatic rings. The SMILES string of the molecule is C=CCO[C@@]12Oc3ccc(OCCN4CC4)cc3[C@H]3[C@H](CCCCO)[C@@H](CCCCO)C=C(C(=NOCc4ccccc4)C[C@@H]1N(CCOCCO)C(=O)C=Cc1ccc([N+](=O)[O-])cc1)[C@H]32. The molecule has 0 spiro atoms. The maximum absolute atomic E-state index is 14.9. The zero-order valence-electron chi connectivity index (χ0n) is 37.7. The number of nitro groups is 1. The summed E-state index contributed by atoms with van der Waals surface area (Å²) in [4.78, 5) is 36.1. The van der Waals surface area contributed by atoms with E-state index >= 15 is 0 Å². The average molecular weight is 909 g/mol. The van der Waals surface area contributed by atoms with Crippen molar-refractivity contribution in [2.24, 2.45) is 22.9 Å². The van der Waals surface area contributed by atoms with E-state index in [-0.39, 0.29) is 88.6 Å². The number of carbonyl (C=O) groups excluding carboxylic acids is 1. The van der Waals surface area contributed by atoms with Crippen LogP contribution in [0.5, 0.6) is 11.5 Å². The van der Waals surface area contributed by atoms with E-state index in [4.69, 9.17) is 28.9 Å². The largest absolute Gasteiger partial charge is 0.492 e. The second-order valence-corrected chi connectivity index (χ2v) is 17.3. The van der Waals surface area contributed by atoms with Gasteiger partial charge in [0.15, 0.2) is 0 Å². The summed E-state index contributed by atoms with van der Waals surface area (Å²) < 4.78 is 26.7. The third-order valence-corrected chi connectivity index (χ3v) is 13.0. The number of aliphatic hydroxyl groups is 3. The molecular weight excluding hydrogens is 845 g/mol. The highest BCUT2D eigenvalue weighted by Gasteiger charge is 2.65. The Bertz CT molecular complexity index is 2160. The highest BCUT2D eigenvalue weighted by atomic mass is 16.7. The molecule has 0 unspecified atom stereocenters. The summed E-state index contributed by atoms with van der Waals surface area (Å²) in [5.74, 6) is -1.26. The summed E-state index contributed by atoms with van der Waals surface area (Å²) in [5.41, 5.74) is 3.98. The number of carbonyl (C=O) groups is 1. The number of oxime groups is 1. The fraction of sp³-hybridized carbons (Fsp3) is 0.490. The van der Waals surface area contributed by atoms with Crippen molar-refractivity contribution in [3.63, 3.8) is 0 Å². The third-order valence-electron chi connectivity index (χ3n) is 13.0. The van der Waals surface area contributed by atoms with E-state index in [0.29, 0.717) is 36.5 Å². The minimum absolute atomic E-state index is 0.0236. The smallest absolute Gasteiger partial charge is 0.269 e. The summed E-state index contributed by atoms with van der Waals surface area (Å²) in [5, 5.41) is 45.9. The van der Waals surface area contributed by atoms with Gasteiger partial charge >= 0.3 is 0 Å². The molecule has 1 saturated carbocycles. The molecule has 3 N–H and O–H groups in total. The predicted octanol–water partition coefficient (Wildman–Crippen LogP) is 6.67. The number of benzene rings is 3. The highest BCUT2D eigenvalue weighted by Crippen LogP contribution is 2.62. The molecule has 66 heavy (non-hydrogen) atoms. The minimum Gasteiger partial charge on any atom is -0.492 e. The summed E-state index contributed by atoms with van der Waals surface area (Å²) in [6, 6.07) is 20.9. The van der Waals surface area contributed by atoms with E-state index in [1.807, 2.05) is 42.5 Å². The lowest BCUT2D eigenvalue weighted by atomic mass is 9.55. The topological polar surface area (TPSA) is 186 Å². The van der Waals surface area contributed by atoms with Gasteiger partial charge in [-0.3, -0.25) is 19.8 Å². The van der Waals surface area contributed by atoms with Gasteiger partial charge in [0, 0.05) is 75.5 Å². The molecule has 6 atom stereocenters. The van der Waals surface area contributed by atoms with Gasteiger partial charge in [-0.15, -0.1) is 6.58 Å². The number of allylic oxidation sites excluding steroid dienone is 1. The highest BCUT2D eigenvalue weighted by molar-refractivity contribution is 6.03. The Hall–Kier alpha value is -5.42. The van der Waals surface area contributed by atoms with Crippen LogP contribution >= 0.6 is 0 Å². The van der Waals surface area contributed by atoms with Crippen LogP contribution in [-0.2, 0) is 25.7 Å². The first-order valence-corrected chi connectivity index (χ1v) is 23.3. The molecule has 4 aliphatic rings. The van der Waals surface area contributed by atoms with Gasteiger partial charge in [-0.1, -0.05) is 60.5 Å². The number of amides is 1. The molecule has 354 valence electrons. The number of nitrogens with zero attached hydrogens (tertiary/aromatic N) is 4. The fourth-order valence-electron chi connectivity index (χ4n) is 9.80. The molecule has 0 bridgehead atoms. The molecule has 1 amide bonds. The van der Waals surface area contributed by atoms with Gasteiger partial charge in [-0.25, -0.2) is 0 Å². The fourth-order valence-corrected chi connectivity index (χ4v) is 9.80. The molecule has 7 rings (SSSR count). The van der Waals surface area contributed by atoms with Crippen molar-refractivity contribution in [3.8, 4) is 11.5 Å². The van der Waals surface area contributed by atoms with Gasteiger partial charge in [0.1, 0.15) is 30.8 Å². The van der Waals surface area contributed by atoms with Crippen LogP contribution < -0.4 is 9.47 Å². The van der Waals surface area contributed by atoms with E-state index < -0.39 is 22.7 Å². The predicted molar refractivity (Wildman–Crippen MR) is 250 cm³/mol. The number of hydrogen-bond donors (Lipinski definition) is 3. The molecule has 2 aliphatic heterocycles. The Kier molecular flexibility index (Phi) is 17.5. The molecule has 15 nitrogen and oxygen atoms in total. The molecule has 3 aromatic carbocycles. The summed E-state index contributed by atoms with van der Waals surface area (Å²) in [6.45, 7) is 8.05. The van der Waals surface area contributed by atoms with Gasteiger partial charge in [0.25, 0.3) is 5.69 Å². The van der Waals surface area contributed by atoms with Gasteiger partial charge < -0.3 is 44.0 Å². The normalized spacial score (nSPS) is 23.7. The van der Waals surface area contributed by atoms with Gasteiger partial charge in [-0.2, -0.15) is 0 Å². The van der Waals surface area contributed by atoms with Gasteiger partial charge in [0.2, 0.25) is 11.7 Å². The maximum Gasteiger partial charge on any atom is 0.269 e. The number of fused-ring (bicyclic) bond motifs is 2. The van der Waals surface area contributed by atoms with E-state index in [0.717, 1.165) is 67.8 Å². The zero-order chi connectivity index (χ0) is 46.3. The molecule has 1 saturated heterocycles. The quantitative estimate of drug-likeness (QED) is 0.0185. The molecule has 2 aliphatic carbocycles. The van der Waals surface area contributed by atoms with Crippen LogP contribution in [0.15, 0.2) is 108 Å². The van der Waals surface area contributed by atoms with Gasteiger partial charge in [-0.05, 0) is 90.6 Å². The van der Waals surface area contributed by atoms with Crippen molar-refractivity contribution in [1.82, 2.24) is 9.80 Å². The number of ether oxygens (including phenoxy) is 4. The Morgan fingerprint density at radius 1 is 0.970 bits per heavy atom. The number of unbranched alkanes of at least 4 members (excludes halogenated alkanes) is 2. The van der Waals surface area contributed by atoms with Crippen LogP contribution in [0.1, 0.15) is 67.6 Å². The lowest BCUT2D eigenvalue weighted by molar-refractivity contribution is -0.384. The lowest BCUT2D eigenvalue weighted by Crippen LogP contribution is -2.70. The van der Waals surface area contributed by atoms with E-state index in [1.54, 1.807) is 29.2 Å². The van der Waals surface area contributed by atoms with E-state index in [1.165, 1.54) is 18.2 Å². The van der Waals surface area contributed by atoms with Crippen molar-refractivity contribution in [2.45, 2.75) is 69.3 Å². The molecule has 2 fully saturated rings. The molecule has 0 aromatic heterocycles. The second-order valence-electron chi connectivity index (χ2n) is 17.3. The van der Waals surface area contributed by atoms with Crippen LogP contribution in [0.4, 0.5) is 5.69 Å². The Balaban J connectivity index is 1.40. The lowest BCUT2D eigenvalue weighted by Gasteiger charge is -2.60. The first-order valence-electron chi connectivity index (χ1n) is 23.3. The van der Waals surface area contributed by atoms with E-state index in [9.17, 15) is 30.2 Å². The standard InChI is InChI=1S/C51H64N4O11/c1-2-29-64-51-47(54(25-30-62-32-28-58)48(59)21-16-37-14-17-40(18-15-37)55(60)61)35-45(52-65-36-38-10-4-3-5-11-38)43-33-39(12-6-8-26-56)42(13-7-9-27-57)49(50(43)51)44-34-41(19-20-46(44)66-51)63-31-24-53-22-23-53/h2-5,10-11,14-21,33-34,39,42,47,49-50,56-58H,1,6-9,12-13,22-32,35-36H2/t39-,42+,47-,49+,50+,51+/m0/s1.